The third-order valence-electron chi connectivity index (χ3n) is 2.92. The summed E-state index contributed by atoms with van der Waals surface area (Å²) >= 11 is 0. The molecule has 0 radical (unpaired) electrons. The molecule has 1 aliphatic rings. The molecule has 0 aliphatic carbocycles. The highest BCUT2D eigenvalue weighted by Gasteiger charge is 2.27. The Hall–Kier alpha value is -1.42. The molecule has 1 saturated heterocycles. The second-order valence-corrected chi connectivity index (χ2v) is 4.17. The molecule has 1 fully saturated rings. The van der Waals surface area contributed by atoms with Crippen molar-refractivity contribution in [3.63, 3.8) is 0 Å². The summed E-state index contributed by atoms with van der Waals surface area (Å²) in [5.74, 6) is -1.11. The van der Waals surface area contributed by atoms with Crippen LogP contribution in [0.2, 0.25) is 0 Å². The molecule has 1 aromatic rings. The standard InChI is InChI=1S/C12H15NO3/c1-8-6-9(4-5-13-8)11-3-2-10(7-16-11)12(14)15/h4-6,10-11H,2-3,7H2,1H3,(H,14,15). The maximum Gasteiger partial charge on any atom is 0.308 e. The van der Waals surface area contributed by atoms with Crippen molar-refractivity contribution in [3.05, 3.63) is 29.6 Å². The van der Waals surface area contributed by atoms with Crippen LogP contribution in [0.15, 0.2) is 18.3 Å². The lowest BCUT2D eigenvalue weighted by molar-refractivity contribution is -0.148. The molecule has 0 saturated carbocycles. The fourth-order valence-electron chi connectivity index (χ4n) is 1.98. The Kier molecular flexibility index (Phi) is 3.19. The van der Waals surface area contributed by atoms with E-state index in [9.17, 15) is 4.79 Å². The molecular weight excluding hydrogens is 206 g/mol. The molecule has 1 N–H and O–H groups in total. The van der Waals surface area contributed by atoms with E-state index in [2.05, 4.69) is 4.98 Å². The molecule has 0 spiro atoms. The van der Waals surface area contributed by atoms with E-state index in [0.29, 0.717) is 13.0 Å². The number of hydrogen-bond donors (Lipinski definition) is 1. The minimum atomic E-state index is -0.760. The fourth-order valence-corrected chi connectivity index (χ4v) is 1.98. The molecule has 2 unspecified atom stereocenters. The third kappa shape index (κ3) is 2.39. The highest BCUT2D eigenvalue weighted by Crippen LogP contribution is 2.30. The minimum Gasteiger partial charge on any atom is -0.481 e. The largest absolute Gasteiger partial charge is 0.481 e. The van der Waals surface area contributed by atoms with Gasteiger partial charge in [-0.2, -0.15) is 0 Å². The molecule has 2 atom stereocenters. The molecular formula is C12H15NO3. The molecule has 16 heavy (non-hydrogen) atoms. The Morgan fingerprint density at radius 1 is 1.56 bits per heavy atom. The van der Waals surface area contributed by atoms with Crippen LogP contribution in [0.1, 0.15) is 30.2 Å². The van der Waals surface area contributed by atoms with E-state index in [1.807, 2.05) is 19.1 Å². The van der Waals surface area contributed by atoms with Gasteiger partial charge < -0.3 is 9.84 Å². The van der Waals surface area contributed by atoms with Gasteiger partial charge in [-0.3, -0.25) is 9.78 Å². The smallest absolute Gasteiger partial charge is 0.308 e. The van der Waals surface area contributed by atoms with E-state index < -0.39 is 5.97 Å². The van der Waals surface area contributed by atoms with Gasteiger partial charge >= 0.3 is 5.97 Å². The van der Waals surface area contributed by atoms with Gasteiger partial charge in [-0.15, -0.1) is 0 Å². The number of ether oxygens (including phenoxy) is 1. The molecule has 1 aromatic heterocycles. The summed E-state index contributed by atoms with van der Waals surface area (Å²) in [6.07, 6.45) is 3.23. The number of aryl methyl sites for hydroxylation is 1. The summed E-state index contributed by atoms with van der Waals surface area (Å²) in [6.45, 7) is 2.24. The number of hydrogen-bond acceptors (Lipinski definition) is 3. The van der Waals surface area contributed by atoms with Crippen LogP contribution < -0.4 is 0 Å². The van der Waals surface area contributed by atoms with Crippen molar-refractivity contribution in [1.29, 1.82) is 0 Å². The zero-order valence-electron chi connectivity index (χ0n) is 9.22. The first kappa shape index (κ1) is 11.1. The van der Waals surface area contributed by atoms with Gasteiger partial charge in [0, 0.05) is 11.9 Å². The molecule has 0 amide bonds. The first-order valence-electron chi connectivity index (χ1n) is 5.44. The number of carboxylic acid groups (broad SMARTS) is 1. The van der Waals surface area contributed by atoms with Crippen LogP contribution in [-0.4, -0.2) is 22.7 Å². The first-order valence-corrected chi connectivity index (χ1v) is 5.44. The molecule has 2 rings (SSSR count). The van der Waals surface area contributed by atoms with E-state index in [0.717, 1.165) is 17.7 Å². The molecule has 86 valence electrons. The lowest BCUT2D eigenvalue weighted by Crippen LogP contribution is -2.26. The van der Waals surface area contributed by atoms with Crippen molar-refractivity contribution < 1.29 is 14.6 Å². The van der Waals surface area contributed by atoms with Crippen molar-refractivity contribution in [3.8, 4) is 0 Å². The third-order valence-corrected chi connectivity index (χ3v) is 2.92. The SMILES string of the molecule is Cc1cc(C2CCC(C(=O)O)CO2)ccn1. The molecule has 4 nitrogen and oxygen atoms in total. The summed E-state index contributed by atoms with van der Waals surface area (Å²) in [5, 5.41) is 8.85. The van der Waals surface area contributed by atoms with Gasteiger partial charge in [0.25, 0.3) is 0 Å². The van der Waals surface area contributed by atoms with Crippen molar-refractivity contribution >= 4 is 5.97 Å². The minimum absolute atomic E-state index is 0.0253. The Labute approximate surface area is 94.3 Å². The zero-order chi connectivity index (χ0) is 11.5. The number of aromatic nitrogens is 1. The van der Waals surface area contributed by atoms with E-state index >= 15 is 0 Å². The average Bonchev–Trinajstić information content (AvgIpc) is 2.29. The normalized spacial score (nSPS) is 25.3. The molecule has 4 heteroatoms. The highest BCUT2D eigenvalue weighted by atomic mass is 16.5. The molecule has 2 heterocycles. The summed E-state index contributed by atoms with van der Waals surface area (Å²) in [7, 11) is 0. The zero-order valence-corrected chi connectivity index (χ0v) is 9.22. The van der Waals surface area contributed by atoms with E-state index in [-0.39, 0.29) is 12.0 Å². The van der Waals surface area contributed by atoms with Crippen LogP contribution in [-0.2, 0) is 9.53 Å². The van der Waals surface area contributed by atoms with E-state index in [1.165, 1.54) is 0 Å². The van der Waals surface area contributed by atoms with Gasteiger partial charge in [-0.25, -0.2) is 0 Å². The quantitative estimate of drug-likeness (QED) is 0.829. The van der Waals surface area contributed by atoms with Crippen LogP contribution in [0, 0.1) is 12.8 Å². The Morgan fingerprint density at radius 2 is 2.38 bits per heavy atom. The van der Waals surface area contributed by atoms with Gasteiger partial charge in [-0.05, 0) is 37.5 Å². The Balaban J connectivity index is 2.01. The summed E-state index contributed by atoms with van der Waals surface area (Å²) in [6, 6.07) is 3.92. The first-order chi connectivity index (χ1) is 7.66. The van der Waals surface area contributed by atoms with Gasteiger partial charge in [0.05, 0.1) is 18.6 Å². The number of aliphatic carboxylic acids is 1. The van der Waals surface area contributed by atoms with Crippen LogP contribution in [0.4, 0.5) is 0 Å². The monoisotopic (exact) mass is 221 g/mol. The lowest BCUT2D eigenvalue weighted by atomic mass is 9.95. The van der Waals surface area contributed by atoms with Crippen LogP contribution in [0.3, 0.4) is 0 Å². The van der Waals surface area contributed by atoms with E-state index in [4.69, 9.17) is 9.84 Å². The topological polar surface area (TPSA) is 59.4 Å². The fraction of sp³-hybridized carbons (Fsp3) is 0.500. The number of pyridine rings is 1. The predicted molar refractivity (Wildman–Crippen MR) is 58.0 cm³/mol. The highest BCUT2D eigenvalue weighted by molar-refractivity contribution is 5.70. The van der Waals surface area contributed by atoms with Gasteiger partial charge in [-0.1, -0.05) is 0 Å². The van der Waals surface area contributed by atoms with Crippen LogP contribution in [0.5, 0.6) is 0 Å². The number of carboxylic acids is 1. The van der Waals surface area contributed by atoms with Gasteiger partial charge in [0.15, 0.2) is 0 Å². The maximum absolute atomic E-state index is 10.8. The number of carbonyl (C=O) groups is 1. The lowest BCUT2D eigenvalue weighted by Gasteiger charge is -2.27. The van der Waals surface area contributed by atoms with Crippen LogP contribution >= 0.6 is 0 Å². The van der Waals surface area contributed by atoms with Crippen molar-refractivity contribution in [1.82, 2.24) is 4.98 Å². The molecule has 1 aliphatic heterocycles. The van der Waals surface area contributed by atoms with Crippen LogP contribution in [0.25, 0.3) is 0 Å². The summed E-state index contributed by atoms with van der Waals surface area (Å²) in [5.41, 5.74) is 2.05. The summed E-state index contributed by atoms with van der Waals surface area (Å²) < 4.78 is 5.58. The van der Waals surface area contributed by atoms with Gasteiger partial charge in [0.2, 0.25) is 0 Å². The Bertz CT molecular complexity index is 384. The second-order valence-electron chi connectivity index (χ2n) is 4.17. The van der Waals surface area contributed by atoms with Gasteiger partial charge in [0.1, 0.15) is 0 Å². The molecule has 0 aromatic carbocycles. The summed E-state index contributed by atoms with van der Waals surface area (Å²) in [4.78, 5) is 14.9. The van der Waals surface area contributed by atoms with Crippen molar-refractivity contribution in [2.45, 2.75) is 25.9 Å². The number of nitrogens with zero attached hydrogens (tertiary/aromatic N) is 1. The molecule has 0 bridgehead atoms. The number of rotatable bonds is 2. The van der Waals surface area contributed by atoms with E-state index in [1.54, 1.807) is 6.20 Å². The maximum atomic E-state index is 10.8. The average molecular weight is 221 g/mol. The Morgan fingerprint density at radius 3 is 2.94 bits per heavy atom. The predicted octanol–water partition coefficient (Wildman–Crippen LogP) is 1.94. The van der Waals surface area contributed by atoms with Crippen molar-refractivity contribution in [2.75, 3.05) is 6.61 Å². The second kappa shape index (κ2) is 4.61. The van der Waals surface area contributed by atoms with Crippen molar-refractivity contribution in [2.24, 2.45) is 5.92 Å².